The highest BCUT2D eigenvalue weighted by atomic mass is 16.2. The number of carbonyl (C=O) groups is 2. The quantitative estimate of drug-likeness (QED) is 0.684. The molecule has 1 fully saturated rings. The molecule has 0 heterocycles. The van der Waals surface area contributed by atoms with Crippen LogP contribution in [0.3, 0.4) is 0 Å². The van der Waals surface area contributed by atoms with E-state index in [4.69, 9.17) is 5.26 Å². The highest BCUT2D eigenvalue weighted by molar-refractivity contribution is 5.78. The van der Waals surface area contributed by atoms with Crippen molar-refractivity contribution in [2.75, 3.05) is 13.1 Å². The fraction of sp³-hybridized carbons (Fsp3) is 0.786. The lowest BCUT2D eigenvalue weighted by atomic mass is 9.86. The zero-order chi connectivity index (χ0) is 13.9. The van der Waals surface area contributed by atoms with Crippen LogP contribution in [0.15, 0.2) is 0 Å². The molecule has 5 nitrogen and oxygen atoms in total. The molecule has 19 heavy (non-hydrogen) atoms. The molecule has 1 aliphatic carbocycles. The van der Waals surface area contributed by atoms with E-state index in [2.05, 4.69) is 10.6 Å². The molecule has 5 heteroatoms. The summed E-state index contributed by atoms with van der Waals surface area (Å²) in [5.74, 6) is 0.480. The van der Waals surface area contributed by atoms with Gasteiger partial charge in [-0.15, -0.1) is 0 Å². The Morgan fingerprint density at radius 3 is 2.32 bits per heavy atom. The van der Waals surface area contributed by atoms with E-state index in [0.29, 0.717) is 19.5 Å². The standard InChI is InChI=1S/C14H23N3O2/c15-9-8-14(19)17-11-10-16-13(18)7-6-12-4-2-1-3-5-12/h12H,1-8,10-11H2,(H,16,18)(H,17,19). The zero-order valence-corrected chi connectivity index (χ0v) is 11.4. The third-order valence-electron chi connectivity index (χ3n) is 3.51. The molecule has 106 valence electrons. The molecule has 0 radical (unpaired) electrons. The van der Waals surface area contributed by atoms with Gasteiger partial charge in [-0.05, 0) is 12.3 Å². The van der Waals surface area contributed by atoms with Crippen molar-refractivity contribution in [2.24, 2.45) is 5.92 Å². The summed E-state index contributed by atoms with van der Waals surface area (Å²) in [5.41, 5.74) is 0. The first kappa shape index (κ1) is 15.5. The van der Waals surface area contributed by atoms with E-state index in [0.717, 1.165) is 12.3 Å². The maximum atomic E-state index is 11.6. The van der Waals surface area contributed by atoms with Crippen LogP contribution in [-0.2, 0) is 9.59 Å². The number of carbonyl (C=O) groups excluding carboxylic acids is 2. The predicted molar refractivity (Wildman–Crippen MR) is 72.1 cm³/mol. The van der Waals surface area contributed by atoms with Gasteiger partial charge in [0.2, 0.25) is 11.8 Å². The highest BCUT2D eigenvalue weighted by Gasteiger charge is 2.14. The number of rotatable bonds is 7. The fourth-order valence-corrected chi connectivity index (χ4v) is 2.44. The lowest BCUT2D eigenvalue weighted by Crippen LogP contribution is -2.34. The summed E-state index contributed by atoms with van der Waals surface area (Å²) < 4.78 is 0. The third kappa shape index (κ3) is 7.45. The minimum Gasteiger partial charge on any atom is -0.354 e. The number of nitrogens with zero attached hydrogens (tertiary/aromatic N) is 1. The summed E-state index contributed by atoms with van der Waals surface area (Å²) in [5, 5.41) is 13.6. The van der Waals surface area contributed by atoms with Gasteiger partial charge in [0, 0.05) is 19.5 Å². The van der Waals surface area contributed by atoms with Crippen LogP contribution in [0, 0.1) is 17.2 Å². The molecule has 2 N–H and O–H groups in total. The molecule has 2 amide bonds. The van der Waals surface area contributed by atoms with Crippen molar-refractivity contribution in [1.29, 1.82) is 5.26 Å². The summed E-state index contributed by atoms with van der Waals surface area (Å²) in [4.78, 5) is 22.6. The first-order valence-electron chi connectivity index (χ1n) is 7.12. The molecule has 1 saturated carbocycles. The fourth-order valence-electron chi connectivity index (χ4n) is 2.44. The van der Waals surface area contributed by atoms with Crippen molar-refractivity contribution in [3.63, 3.8) is 0 Å². The maximum absolute atomic E-state index is 11.6. The Labute approximate surface area is 114 Å². The van der Waals surface area contributed by atoms with Crippen LogP contribution >= 0.6 is 0 Å². The third-order valence-corrected chi connectivity index (χ3v) is 3.51. The van der Waals surface area contributed by atoms with Crippen molar-refractivity contribution in [3.05, 3.63) is 0 Å². The number of hydrogen-bond acceptors (Lipinski definition) is 3. The molecular weight excluding hydrogens is 242 g/mol. The Morgan fingerprint density at radius 1 is 1.05 bits per heavy atom. The van der Waals surface area contributed by atoms with Gasteiger partial charge in [-0.3, -0.25) is 9.59 Å². The summed E-state index contributed by atoms with van der Waals surface area (Å²) in [7, 11) is 0. The smallest absolute Gasteiger partial charge is 0.234 e. The molecule has 0 aromatic carbocycles. The molecule has 1 aliphatic rings. The van der Waals surface area contributed by atoms with E-state index in [1.54, 1.807) is 6.07 Å². The lowest BCUT2D eigenvalue weighted by Gasteiger charge is -2.20. The molecule has 0 spiro atoms. The second-order valence-corrected chi connectivity index (χ2v) is 5.08. The van der Waals surface area contributed by atoms with Crippen LogP contribution in [0.25, 0.3) is 0 Å². The van der Waals surface area contributed by atoms with Crippen molar-refractivity contribution < 1.29 is 9.59 Å². The zero-order valence-electron chi connectivity index (χ0n) is 11.4. The summed E-state index contributed by atoms with van der Waals surface area (Å²) in [6.07, 6.45) is 7.90. The summed E-state index contributed by atoms with van der Waals surface area (Å²) in [6, 6.07) is 1.77. The number of nitriles is 1. The maximum Gasteiger partial charge on any atom is 0.234 e. The van der Waals surface area contributed by atoms with Crippen LogP contribution in [-0.4, -0.2) is 24.9 Å². The van der Waals surface area contributed by atoms with Gasteiger partial charge < -0.3 is 10.6 Å². The van der Waals surface area contributed by atoms with E-state index in [9.17, 15) is 9.59 Å². The number of nitrogens with one attached hydrogen (secondary N) is 2. The SMILES string of the molecule is N#CCC(=O)NCCNC(=O)CCC1CCCCC1. The van der Waals surface area contributed by atoms with Gasteiger partial charge in [-0.25, -0.2) is 0 Å². The summed E-state index contributed by atoms with van der Waals surface area (Å²) >= 11 is 0. The Balaban J connectivity index is 1.98. The van der Waals surface area contributed by atoms with Gasteiger partial charge in [0.1, 0.15) is 6.42 Å². The minimum atomic E-state index is -0.293. The normalized spacial score (nSPS) is 15.5. The van der Waals surface area contributed by atoms with Crippen LogP contribution in [0.2, 0.25) is 0 Å². The van der Waals surface area contributed by atoms with E-state index in [1.807, 2.05) is 0 Å². The van der Waals surface area contributed by atoms with Crippen molar-refractivity contribution in [3.8, 4) is 6.07 Å². The second-order valence-electron chi connectivity index (χ2n) is 5.08. The first-order chi connectivity index (χ1) is 9.22. The van der Waals surface area contributed by atoms with E-state index in [1.165, 1.54) is 32.1 Å². The Hall–Kier alpha value is -1.57. The van der Waals surface area contributed by atoms with Crippen LogP contribution < -0.4 is 10.6 Å². The molecule has 0 bridgehead atoms. The molecule has 1 rings (SSSR count). The molecule has 0 saturated heterocycles. The van der Waals surface area contributed by atoms with Gasteiger partial charge >= 0.3 is 0 Å². The van der Waals surface area contributed by atoms with Crippen molar-refractivity contribution in [1.82, 2.24) is 10.6 Å². The van der Waals surface area contributed by atoms with Gasteiger partial charge in [-0.2, -0.15) is 5.26 Å². The van der Waals surface area contributed by atoms with Gasteiger partial charge in [0.05, 0.1) is 6.07 Å². The topological polar surface area (TPSA) is 82.0 Å². The molecule has 0 aromatic rings. The Bertz CT molecular complexity index is 330. The number of hydrogen-bond donors (Lipinski definition) is 2. The second kappa shape index (κ2) is 9.37. The summed E-state index contributed by atoms with van der Waals surface area (Å²) in [6.45, 7) is 0.816. The molecule has 0 unspecified atom stereocenters. The molecule has 0 atom stereocenters. The Morgan fingerprint density at radius 2 is 1.68 bits per heavy atom. The van der Waals surface area contributed by atoms with Gasteiger partial charge in [-0.1, -0.05) is 32.1 Å². The van der Waals surface area contributed by atoms with E-state index < -0.39 is 0 Å². The van der Waals surface area contributed by atoms with E-state index >= 15 is 0 Å². The van der Waals surface area contributed by atoms with Crippen molar-refractivity contribution >= 4 is 11.8 Å². The number of amides is 2. The largest absolute Gasteiger partial charge is 0.354 e. The van der Waals surface area contributed by atoms with Crippen LogP contribution in [0.1, 0.15) is 51.4 Å². The lowest BCUT2D eigenvalue weighted by molar-refractivity contribution is -0.122. The highest BCUT2D eigenvalue weighted by Crippen LogP contribution is 2.26. The Kier molecular flexibility index (Phi) is 7.64. The van der Waals surface area contributed by atoms with Crippen molar-refractivity contribution in [2.45, 2.75) is 51.4 Å². The average Bonchev–Trinajstić information content (AvgIpc) is 2.43. The minimum absolute atomic E-state index is 0.0557. The predicted octanol–water partition coefficient (Wildman–Crippen LogP) is 1.49. The molecule has 0 aromatic heterocycles. The van der Waals surface area contributed by atoms with Crippen LogP contribution in [0.5, 0.6) is 0 Å². The van der Waals surface area contributed by atoms with Gasteiger partial charge in [0.15, 0.2) is 0 Å². The average molecular weight is 265 g/mol. The van der Waals surface area contributed by atoms with Crippen LogP contribution in [0.4, 0.5) is 0 Å². The molecular formula is C14H23N3O2. The van der Waals surface area contributed by atoms with E-state index in [-0.39, 0.29) is 18.2 Å². The first-order valence-corrected chi connectivity index (χ1v) is 7.12. The monoisotopic (exact) mass is 265 g/mol. The molecule has 0 aliphatic heterocycles. The van der Waals surface area contributed by atoms with Gasteiger partial charge in [0.25, 0.3) is 0 Å².